The smallest absolute Gasteiger partial charge is 0.345 e. The molecule has 0 spiro atoms. The second-order valence-corrected chi connectivity index (χ2v) is 5.19. The SMILES string of the molecule is O=C(O)c1ccc(C(=O)NCCc2ccc(F)cc2)s1. The minimum absolute atomic E-state index is 0.133. The summed E-state index contributed by atoms with van der Waals surface area (Å²) in [5.74, 6) is -1.64. The Morgan fingerprint density at radius 2 is 1.75 bits per heavy atom. The number of carbonyl (C=O) groups is 2. The molecule has 104 valence electrons. The maximum absolute atomic E-state index is 12.7. The molecule has 0 atom stereocenters. The normalized spacial score (nSPS) is 10.2. The van der Waals surface area contributed by atoms with Crippen molar-refractivity contribution in [3.63, 3.8) is 0 Å². The van der Waals surface area contributed by atoms with Gasteiger partial charge < -0.3 is 10.4 Å². The van der Waals surface area contributed by atoms with Gasteiger partial charge in [0, 0.05) is 6.54 Å². The van der Waals surface area contributed by atoms with E-state index in [0.717, 1.165) is 16.9 Å². The Balaban J connectivity index is 1.85. The van der Waals surface area contributed by atoms with Crippen molar-refractivity contribution in [3.8, 4) is 0 Å². The summed E-state index contributed by atoms with van der Waals surface area (Å²) in [7, 11) is 0. The van der Waals surface area contributed by atoms with Crippen molar-refractivity contribution < 1.29 is 19.1 Å². The average molecular weight is 293 g/mol. The topological polar surface area (TPSA) is 66.4 Å². The van der Waals surface area contributed by atoms with Crippen molar-refractivity contribution >= 4 is 23.2 Å². The summed E-state index contributed by atoms with van der Waals surface area (Å²) >= 11 is 0.936. The van der Waals surface area contributed by atoms with Crippen LogP contribution in [0.3, 0.4) is 0 Å². The zero-order valence-corrected chi connectivity index (χ0v) is 11.2. The number of aromatic carboxylic acids is 1. The Morgan fingerprint density at radius 1 is 1.10 bits per heavy atom. The third-order valence-corrected chi connectivity index (χ3v) is 3.73. The van der Waals surface area contributed by atoms with Crippen LogP contribution in [0.5, 0.6) is 0 Å². The van der Waals surface area contributed by atoms with Gasteiger partial charge in [-0.3, -0.25) is 4.79 Å². The van der Waals surface area contributed by atoms with Crippen molar-refractivity contribution in [1.82, 2.24) is 5.32 Å². The largest absolute Gasteiger partial charge is 0.477 e. The molecule has 0 saturated carbocycles. The Bertz CT molecular complexity index is 622. The highest BCUT2D eigenvalue weighted by molar-refractivity contribution is 7.15. The van der Waals surface area contributed by atoms with Gasteiger partial charge in [0.25, 0.3) is 5.91 Å². The van der Waals surface area contributed by atoms with Crippen LogP contribution in [0.4, 0.5) is 4.39 Å². The van der Waals surface area contributed by atoms with Crippen LogP contribution in [0.15, 0.2) is 36.4 Å². The van der Waals surface area contributed by atoms with Gasteiger partial charge in [0.15, 0.2) is 0 Å². The minimum Gasteiger partial charge on any atom is -0.477 e. The molecule has 2 N–H and O–H groups in total. The van der Waals surface area contributed by atoms with Crippen LogP contribution < -0.4 is 5.32 Å². The van der Waals surface area contributed by atoms with Gasteiger partial charge in [-0.15, -0.1) is 11.3 Å². The molecule has 2 rings (SSSR count). The summed E-state index contributed by atoms with van der Waals surface area (Å²) in [5.41, 5.74) is 0.920. The van der Waals surface area contributed by atoms with Gasteiger partial charge in [-0.05, 0) is 36.2 Å². The molecule has 4 nitrogen and oxygen atoms in total. The number of amides is 1. The van der Waals surface area contributed by atoms with E-state index < -0.39 is 5.97 Å². The fraction of sp³-hybridized carbons (Fsp3) is 0.143. The number of carboxylic acid groups (broad SMARTS) is 1. The summed E-state index contributed by atoms with van der Waals surface area (Å²) < 4.78 is 12.7. The van der Waals surface area contributed by atoms with Crippen molar-refractivity contribution in [2.24, 2.45) is 0 Å². The highest BCUT2D eigenvalue weighted by Crippen LogP contribution is 2.16. The van der Waals surface area contributed by atoms with Crippen molar-refractivity contribution in [2.45, 2.75) is 6.42 Å². The second kappa shape index (κ2) is 6.29. The van der Waals surface area contributed by atoms with Gasteiger partial charge in [0.2, 0.25) is 0 Å². The first kappa shape index (κ1) is 14.2. The van der Waals surface area contributed by atoms with E-state index in [2.05, 4.69) is 5.32 Å². The molecule has 0 aliphatic heterocycles. The molecule has 0 aliphatic carbocycles. The molecule has 1 aromatic heterocycles. The molecular formula is C14H12FNO3S. The van der Waals surface area contributed by atoms with E-state index in [1.165, 1.54) is 24.3 Å². The summed E-state index contributed by atoms with van der Waals surface area (Å²) in [4.78, 5) is 23.0. The fourth-order valence-electron chi connectivity index (χ4n) is 1.63. The van der Waals surface area contributed by atoms with E-state index in [9.17, 15) is 14.0 Å². The molecule has 0 unspecified atom stereocenters. The van der Waals surface area contributed by atoms with Crippen molar-refractivity contribution in [2.75, 3.05) is 6.54 Å². The van der Waals surface area contributed by atoms with Gasteiger partial charge >= 0.3 is 5.97 Å². The minimum atomic E-state index is -1.04. The number of hydrogen-bond donors (Lipinski definition) is 2. The predicted molar refractivity (Wildman–Crippen MR) is 73.7 cm³/mol. The lowest BCUT2D eigenvalue weighted by Gasteiger charge is -2.03. The number of nitrogens with one attached hydrogen (secondary N) is 1. The zero-order valence-electron chi connectivity index (χ0n) is 10.4. The molecule has 20 heavy (non-hydrogen) atoms. The zero-order chi connectivity index (χ0) is 14.5. The molecule has 0 bridgehead atoms. The van der Waals surface area contributed by atoms with E-state index in [1.807, 2.05) is 0 Å². The van der Waals surface area contributed by atoms with Crippen LogP contribution in [0, 0.1) is 5.82 Å². The van der Waals surface area contributed by atoms with E-state index >= 15 is 0 Å². The number of benzene rings is 1. The van der Waals surface area contributed by atoms with Crippen LogP contribution in [0.1, 0.15) is 24.9 Å². The summed E-state index contributed by atoms with van der Waals surface area (Å²) in [6.07, 6.45) is 0.586. The Hall–Kier alpha value is -2.21. The van der Waals surface area contributed by atoms with Crippen LogP contribution in [-0.4, -0.2) is 23.5 Å². The fourth-order valence-corrected chi connectivity index (χ4v) is 2.39. The van der Waals surface area contributed by atoms with Gasteiger partial charge in [0.1, 0.15) is 10.7 Å². The number of carbonyl (C=O) groups excluding carboxylic acids is 1. The molecular weight excluding hydrogens is 281 g/mol. The quantitative estimate of drug-likeness (QED) is 0.890. The third kappa shape index (κ3) is 3.64. The van der Waals surface area contributed by atoms with Gasteiger partial charge in [-0.2, -0.15) is 0 Å². The average Bonchev–Trinajstić information content (AvgIpc) is 2.91. The van der Waals surface area contributed by atoms with Crippen LogP contribution in [-0.2, 0) is 6.42 Å². The highest BCUT2D eigenvalue weighted by Gasteiger charge is 2.12. The molecule has 1 amide bonds. The van der Waals surface area contributed by atoms with Crippen LogP contribution >= 0.6 is 11.3 Å². The summed E-state index contributed by atoms with van der Waals surface area (Å²) in [6, 6.07) is 8.96. The number of carboxylic acids is 1. The molecule has 1 heterocycles. The first-order valence-corrected chi connectivity index (χ1v) is 6.73. The standard InChI is InChI=1S/C14H12FNO3S/c15-10-3-1-9(2-4-10)7-8-16-13(17)11-5-6-12(20-11)14(18)19/h1-6H,7-8H2,(H,16,17)(H,18,19). The number of thiophene rings is 1. The van der Waals surface area contributed by atoms with E-state index in [0.29, 0.717) is 17.8 Å². The number of halogens is 1. The van der Waals surface area contributed by atoms with E-state index in [-0.39, 0.29) is 16.6 Å². The van der Waals surface area contributed by atoms with Crippen LogP contribution in [0.2, 0.25) is 0 Å². The maximum Gasteiger partial charge on any atom is 0.345 e. The molecule has 2 aromatic rings. The molecule has 0 aliphatic rings. The van der Waals surface area contributed by atoms with E-state index in [4.69, 9.17) is 5.11 Å². The summed E-state index contributed by atoms with van der Waals surface area (Å²) in [5, 5.41) is 11.5. The first-order valence-electron chi connectivity index (χ1n) is 5.92. The Labute approximate surface area is 118 Å². The highest BCUT2D eigenvalue weighted by atomic mass is 32.1. The molecule has 1 aromatic carbocycles. The Morgan fingerprint density at radius 3 is 2.35 bits per heavy atom. The lowest BCUT2D eigenvalue weighted by atomic mass is 10.1. The Kier molecular flexibility index (Phi) is 4.47. The molecule has 0 fully saturated rings. The van der Waals surface area contributed by atoms with Gasteiger partial charge in [0.05, 0.1) is 4.88 Å². The first-order chi connectivity index (χ1) is 9.56. The third-order valence-electron chi connectivity index (χ3n) is 2.65. The number of hydrogen-bond acceptors (Lipinski definition) is 3. The van der Waals surface area contributed by atoms with Gasteiger partial charge in [-0.25, -0.2) is 9.18 Å². The number of rotatable bonds is 5. The van der Waals surface area contributed by atoms with Crippen LogP contribution in [0.25, 0.3) is 0 Å². The molecule has 0 radical (unpaired) electrons. The van der Waals surface area contributed by atoms with Crippen molar-refractivity contribution in [3.05, 3.63) is 57.5 Å². The van der Waals surface area contributed by atoms with E-state index in [1.54, 1.807) is 12.1 Å². The lowest BCUT2D eigenvalue weighted by molar-refractivity contribution is 0.0702. The monoisotopic (exact) mass is 293 g/mol. The lowest BCUT2D eigenvalue weighted by Crippen LogP contribution is -2.24. The second-order valence-electron chi connectivity index (χ2n) is 4.10. The summed E-state index contributed by atoms with van der Waals surface area (Å²) in [6.45, 7) is 0.408. The van der Waals surface area contributed by atoms with Crippen molar-refractivity contribution in [1.29, 1.82) is 0 Å². The predicted octanol–water partition coefficient (Wildman–Crippen LogP) is 2.56. The van der Waals surface area contributed by atoms with Gasteiger partial charge in [-0.1, -0.05) is 12.1 Å². The molecule has 6 heteroatoms. The maximum atomic E-state index is 12.7. The molecule has 0 saturated heterocycles.